The zero-order chi connectivity index (χ0) is 29.5. The molecule has 1 atom stereocenters. The number of likely N-dealkylation sites (tertiary alicyclic amines) is 1. The number of nitrogens with zero attached hydrogens (tertiary/aromatic N) is 5. The van der Waals surface area contributed by atoms with Gasteiger partial charge in [0.05, 0.1) is 23.1 Å². The molecule has 0 bridgehead atoms. The number of rotatable bonds is 5. The molecule has 4 heterocycles. The summed E-state index contributed by atoms with van der Waals surface area (Å²) in [7, 11) is 0. The zero-order valence-corrected chi connectivity index (χ0v) is 21.8. The van der Waals surface area contributed by atoms with Crippen molar-refractivity contribution in [2.45, 2.75) is 57.2 Å². The summed E-state index contributed by atoms with van der Waals surface area (Å²) in [4.78, 5) is 29.2. The maximum absolute atomic E-state index is 13.3. The molecule has 1 unspecified atom stereocenters. The lowest BCUT2D eigenvalue weighted by Gasteiger charge is -2.31. The SMILES string of the molecule is O=C(Cn1nc(C(F)(F)F)cc1C(F)(F)F)N1CCC(c2nc(C3OCc4ccc([N+](=O)[O-])cc4CO3)cs2)CC1. The minimum absolute atomic E-state index is 0.0492. The minimum atomic E-state index is -5.11. The van der Waals surface area contributed by atoms with E-state index in [1.54, 1.807) is 11.4 Å². The molecular weight excluding hydrogens is 584 g/mol. The van der Waals surface area contributed by atoms with E-state index in [0.29, 0.717) is 24.1 Å². The van der Waals surface area contributed by atoms with Crippen molar-refractivity contribution in [3.63, 3.8) is 0 Å². The number of non-ortho nitro benzene ring substituents is 1. The van der Waals surface area contributed by atoms with Crippen LogP contribution in [-0.4, -0.2) is 43.6 Å². The molecule has 0 radical (unpaired) electrons. The number of carbonyl (C=O) groups is 1. The first-order valence-electron chi connectivity index (χ1n) is 12.2. The largest absolute Gasteiger partial charge is 0.435 e. The number of carbonyl (C=O) groups excluding carboxylic acids is 1. The van der Waals surface area contributed by atoms with Gasteiger partial charge in [-0.1, -0.05) is 0 Å². The maximum Gasteiger partial charge on any atom is 0.435 e. The minimum Gasteiger partial charge on any atom is -0.342 e. The summed E-state index contributed by atoms with van der Waals surface area (Å²) in [6, 6.07) is 4.34. The summed E-state index contributed by atoms with van der Waals surface area (Å²) in [6.45, 7) is -0.359. The molecule has 10 nitrogen and oxygen atoms in total. The molecule has 2 aromatic heterocycles. The Balaban J connectivity index is 1.18. The molecule has 1 aromatic carbocycles. The lowest BCUT2D eigenvalue weighted by molar-refractivity contribution is -0.385. The van der Waals surface area contributed by atoms with Crippen LogP contribution < -0.4 is 0 Å². The molecule has 2 aliphatic rings. The summed E-state index contributed by atoms with van der Waals surface area (Å²) in [5.74, 6) is -0.832. The monoisotopic (exact) mass is 605 g/mol. The molecule has 17 heteroatoms. The van der Waals surface area contributed by atoms with Gasteiger partial charge in [0.25, 0.3) is 5.69 Å². The van der Waals surface area contributed by atoms with E-state index in [1.807, 2.05) is 0 Å². The van der Waals surface area contributed by atoms with E-state index in [4.69, 9.17) is 9.47 Å². The number of ether oxygens (including phenoxy) is 2. The maximum atomic E-state index is 13.3. The number of benzene rings is 1. The summed E-state index contributed by atoms with van der Waals surface area (Å²) >= 11 is 1.36. The van der Waals surface area contributed by atoms with Crippen LogP contribution in [0.4, 0.5) is 32.0 Å². The van der Waals surface area contributed by atoms with Gasteiger partial charge in [0.15, 0.2) is 5.69 Å². The normalized spacial score (nSPS) is 18.7. The molecule has 0 saturated carbocycles. The van der Waals surface area contributed by atoms with Crippen LogP contribution in [0.25, 0.3) is 0 Å². The fourth-order valence-electron chi connectivity index (χ4n) is 4.66. The zero-order valence-electron chi connectivity index (χ0n) is 20.9. The standard InChI is InChI=1S/C24H21F6N5O5S/c25-23(26,27)18-8-19(24(28,29)30)34(32-18)9-20(36)33-5-3-13(4-6-33)21-31-17(12-41-21)22-39-10-14-1-2-16(35(37)38)7-15(14)11-40-22/h1-2,7-8,12-13,22H,3-6,9-11H2. The molecule has 3 aromatic rings. The van der Waals surface area contributed by atoms with Gasteiger partial charge in [0.2, 0.25) is 12.2 Å². The van der Waals surface area contributed by atoms with Crippen LogP contribution in [0.5, 0.6) is 0 Å². The van der Waals surface area contributed by atoms with Crippen LogP contribution in [0.3, 0.4) is 0 Å². The summed E-state index contributed by atoms with van der Waals surface area (Å²) in [5.41, 5.74) is -1.50. The van der Waals surface area contributed by atoms with Gasteiger partial charge in [0.1, 0.15) is 17.9 Å². The Hall–Kier alpha value is -3.57. The summed E-state index contributed by atoms with van der Waals surface area (Å²) < 4.78 is 90.2. The number of hydrogen-bond acceptors (Lipinski definition) is 8. The number of nitro benzene ring substituents is 1. The van der Waals surface area contributed by atoms with E-state index in [1.165, 1.54) is 28.4 Å². The van der Waals surface area contributed by atoms with E-state index < -0.39 is 47.4 Å². The Bertz CT molecular complexity index is 1450. The molecule has 0 spiro atoms. The number of aromatic nitrogens is 3. The predicted octanol–water partition coefficient (Wildman–Crippen LogP) is 5.44. The molecule has 0 N–H and O–H groups in total. The Morgan fingerprint density at radius 1 is 1.05 bits per heavy atom. The molecule has 1 fully saturated rings. The van der Waals surface area contributed by atoms with Crippen molar-refractivity contribution < 1.29 is 45.5 Å². The fourth-order valence-corrected chi connectivity index (χ4v) is 5.65. The third-order valence-electron chi connectivity index (χ3n) is 6.81. The second-order valence-corrected chi connectivity index (χ2v) is 10.4. The Labute approximate surface area is 231 Å². The average Bonchev–Trinajstić information content (AvgIpc) is 3.52. The number of alkyl halides is 6. The van der Waals surface area contributed by atoms with Gasteiger partial charge in [-0.25, -0.2) is 4.98 Å². The van der Waals surface area contributed by atoms with Gasteiger partial charge in [-0.2, -0.15) is 31.4 Å². The molecule has 41 heavy (non-hydrogen) atoms. The predicted molar refractivity (Wildman–Crippen MR) is 128 cm³/mol. The molecule has 1 saturated heterocycles. The van der Waals surface area contributed by atoms with Gasteiger partial charge < -0.3 is 14.4 Å². The topological polar surface area (TPSA) is 113 Å². The van der Waals surface area contributed by atoms with Gasteiger partial charge >= 0.3 is 12.4 Å². The van der Waals surface area contributed by atoms with E-state index in [2.05, 4.69) is 10.1 Å². The highest BCUT2D eigenvalue weighted by molar-refractivity contribution is 7.09. The van der Waals surface area contributed by atoms with Gasteiger partial charge in [-0.15, -0.1) is 11.3 Å². The number of thiazole rings is 1. The number of nitro groups is 1. The van der Waals surface area contributed by atoms with Crippen molar-refractivity contribution in [1.82, 2.24) is 19.7 Å². The van der Waals surface area contributed by atoms with Crippen molar-refractivity contribution in [2.24, 2.45) is 0 Å². The quantitative estimate of drug-likeness (QED) is 0.216. The molecule has 5 rings (SSSR count). The van der Waals surface area contributed by atoms with Crippen molar-refractivity contribution in [3.8, 4) is 0 Å². The van der Waals surface area contributed by atoms with Crippen molar-refractivity contribution in [2.75, 3.05) is 13.1 Å². The van der Waals surface area contributed by atoms with Gasteiger partial charge in [-0.3, -0.25) is 19.6 Å². The van der Waals surface area contributed by atoms with Crippen LogP contribution >= 0.6 is 11.3 Å². The first-order valence-corrected chi connectivity index (χ1v) is 13.1. The third kappa shape index (κ3) is 6.36. The Kier molecular flexibility index (Phi) is 7.78. The number of halogens is 6. The molecule has 1 amide bonds. The lowest BCUT2D eigenvalue weighted by atomic mass is 9.97. The number of piperidine rings is 1. The van der Waals surface area contributed by atoms with Crippen molar-refractivity contribution >= 4 is 22.9 Å². The Morgan fingerprint density at radius 3 is 2.37 bits per heavy atom. The summed E-state index contributed by atoms with van der Waals surface area (Å²) in [5, 5.41) is 16.6. The fraction of sp³-hybridized carbons (Fsp3) is 0.458. The van der Waals surface area contributed by atoms with Crippen molar-refractivity contribution in [1.29, 1.82) is 0 Å². The molecule has 0 aliphatic carbocycles. The van der Waals surface area contributed by atoms with Gasteiger partial charge in [-0.05, 0) is 30.0 Å². The number of hydrogen-bond donors (Lipinski definition) is 0. The molecular formula is C24H21F6N5O5S. The molecule has 220 valence electrons. The van der Waals surface area contributed by atoms with E-state index in [9.17, 15) is 41.3 Å². The Morgan fingerprint density at radius 2 is 1.73 bits per heavy atom. The van der Waals surface area contributed by atoms with E-state index in [-0.39, 0.29) is 48.7 Å². The second kappa shape index (κ2) is 11.0. The second-order valence-electron chi connectivity index (χ2n) is 9.50. The number of amides is 1. The highest BCUT2D eigenvalue weighted by atomic mass is 32.1. The highest BCUT2D eigenvalue weighted by Gasteiger charge is 2.42. The van der Waals surface area contributed by atoms with Crippen LogP contribution in [0.15, 0.2) is 29.6 Å². The average molecular weight is 606 g/mol. The van der Waals surface area contributed by atoms with Crippen LogP contribution in [0.2, 0.25) is 0 Å². The smallest absolute Gasteiger partial charge is 0.342 e. The van der Waals surface area contributed by atoms with E-state index in [0.717, 1.165) is 10.6 Å². The molecule has 2 aliphatic heterocycles. The number of fused-ring (bicyclic) bond motifs is 1. The van der Waals surface area contributed by atoms with Crippen LogP contribution in [-0.2, 0) is 46.4 Å². The summed E-state index contributed by atoms with van der Waals surface area (Å²) in [6.07, 6.45) is -10.1. The van der Waals surface area contributed by atoms with Gasteiger partial charge in [0, 0.05) is 42.6 Å². The van der Waals surface area contributed by atoms with Crippen LogP contribution in [0.1, 0.15) is 58.3 Å². The third-order valence-corrected chi connectivity index (χ3v) is 7.83. The van der Waals surface area contributed by atoms with Crippen LogP contribution in [0, 0.1) is 10.1 Å². The van der Waals surface area contributed by atoms with Crippen molar-refractivity contribution in [3.05, 3.63) is 73.0 Å². The van der Waals surface area contributed by atoms with E-state index >= 15 is 0 Å². The first kappa shape index (κ1) is 28.9. The lowest BCUT2D eigenvalue weighted by Crippen LogP contribution is -2.40. The first-order chi connectivity index (χ1) is 19.3. The highest BCUT2D eigenvalue weighted by Crippen LogP contribution is 2.37.